The number of carbonyl (C=O) groups excluding carboxylic acids is 1. The second-order valence-electron chi connectivity index (χ2n) is 5.09. The summed E-state index contributed by atoms with van der Waals surface area (Å²) in [6.45, 7) is 3.00. The van der Waals surface area contributed by atoms with E-state index in [1.54, 1.807) is 0 Å². The highest BCUT2D eigenvalue weighted by atomic mass is 35.5. The Labute approximate surface area is 108 Å². The topological polar surface area (TPSA) is 55.1 Å². The first kappa shape index (κ1) is 14.1. The highest BCUT2D eigenvalue weighted by molar-refractivity contribution is 8.00. The van der Waals surface area contributed by atoms with Crippen LogP contribution in [0.25, 0.3) is 0 Å². The molecular weight excluding hydrogens is 244 g/mol. The molecule has 1 atom stereocenters. The van der Waals surface area contributed by atoms with Crippen LogP contribution < -0.4 is 11.1 Å². The molecule has 2 aliphatic rings. The van der Waals surface area contributed by atoms with Gasteiger partial charge in [0.2, 0.25) is 5.91 Å². The maximum atomic E-state index is 11.8. The second kappa shape index (κ2) is 5.15. The number of nitrogens with two attached hydrogens (primary N) is 1. The molecule has 0 aromatic rings. The average molecular weight is 265 g/mol. The molecule has 0 radical (unpaired) electrons. The van der Waals surface area contributed by atoms with Gasteiger partial charge >= 0.3 is 0 Å². The van der Waals surface area contributed by atoms with Gasteiger partial charge in [-0.25, -0.2) is 0 Å². The minimum absolute atomic E-state index is 0. The van der Waals surface area contributed by atoms with Gasteiger partial charge in [0.05, 0.1) is 5.54 Å². The minimum Gasteiger partial charge on any atom is -0.353 e. The molecule has 0 aromatic carbocycles. The van der Waals surface area contributed by atoms with Gasteiger partial charge in [0.15, 0.2) is 0 Å². The molecule has 1 aliphatic carbocycles. The molecular formula is C11H21ClN2OS. The highest BCUT2D eigenvalue weighted by Gasteiger charge is 2.41. The quantitative estimate of drug-likeness (QED) is 0.816. The molecule has 3 nitrogen and oxygen atoms in total. The van der Waals surface area contributed by atoms with E-state index < -0.39 is 5.54 Å². The van der Waals surface area contributed by atoms with Gasteiger partial charge in [0, 0.05) is 11.3 Å². The molecule has 3 N–H and O–H groups in total. The summed E-state index contributed by atoms with van der Waals surface area (Å²) < 4.78 is 0.246. The summed E-state index contributed by atoms with van der Waals surface area (Å²) in [4.78, 5) is 11.8. The zero-order valence-corrected chi connectivity index (χ0v) is 11.4. The fourth-order valence-electron chi connectivity index (χ4n) is 2.20. The molecule has 1 saturated heterocycles. The van der Waals surface area contributed by atoms with Crippen molar-refractivity contribution in [3.05, 3.63) is 0 Å². The van der Waals surface area contributed by atoms with Crippen molar-refractivity contribution in [3.63, 3.8) is 0 Å². The van der Waals surface area contributed by atoms with Gasteiger partial charge in [-0.2, -0.15) is 11.8 Å². The second-order valence-corrected chi connectivity index (χ2v) is 6.78. The number of nitrogens with one attached hydrogen (secondary N) is 1. The smallest absolute Gasteiger partial charge is 0.240 e. The fraction of sp³-hybridized carbons (Fsp3) is 0.909. The number of halogens is 1. The summed E-state index contributed by atoms with van der Waals surface area (Å²) in [5.41, 5.74) is 5.41. The lowest BCUT2D eigenvalue weighted by Gasteiger charge is -2.37. The molecule has 1 unspecified atom stereocenters. The van der Waals surface area contributed by atoms with E-state index in [-0.39, 0.29) is 23.1 Å². The van der Waals surface area contributed by atoms with E-state index in [9.17, 15) is 4.79 Å². The van der Waals surface area contributed by atoms with E-state index in [0.717, 1.165) is 25.8 Å². The lowest BCUT2D eigenvalue weighted by molar-refractivity contribution is -0.129. The van der Waals surface area contributed by atoms with Crippen molar-refractivity contribution in [1.82, 2.24) is 5.32 Å². The van der Waals surface area contributed by atoms with Gasteiger partial charge in [-0.15, -0.1) is 12.4 Å². The van der Waals surface area contributed by atoms with E-state index in [0.29, 0.717) is 0 Å². The summed E-state index contributed by atoms with van der Waals surface area (Å²) in [5.74, 6) is 1.28. The minimum atomic E-state index is -0.542. The van der Waals surface area contributed by atoms with Gasteiger partial charge in [-0.3, -0.25) is 4.79 Å². The van der Waals surface area contributed by atoms with Crippen LogP contribution in [0.5, 0.6) is 0 Å². The SMILES string of the molecule is CC1(CNC(=O)C2(N)CCC2)CCCS1.Cl. The normalized spacial score (nSPS) is 31.4. The van der Waals surface area contributed by atoms with Gasteiger partial charge < -0.3 is 11.1 Å². The molecule has 1 aliphatic heterocycles. The maximum absolute atomic E-state index is 11.8. The van der Waals surface area contributed by atoms with Gasteiger partial charge in [0.1, 0.15) is 0 Å². The standard InChI is InChI=1S/C11H20N2OS.ClH/c1-10(4-3-7-15-10)8-13-9(14)11(12)5-2-6-11;/h2-8,12H2,1H3,(H,13,14);1H. The number of rotatable bonds is 3. The van der Waals surface area contributed by atoms with E-state index in [4.69, 9.17) is 5.73 Å². The molecule has 0 spiro atoms. The van der Waals surface area contributed by atoms with E-state index in [2.05, 4.69) is 12.2 Å². The Morgan fingerprint density at radius 1 is 1.38 bits per heavy atom. The first-order valence-corrected chi connectivity index (χ1v) is 6.74. The largest absolute Gasteiger partial charge is 0.353 e. The van der Waals surface area contributed by atoms with Gasteiger partial charge in [0.25, 0.3) is 0 Å². The molecule has 0 bridgehead atoms. The third-order valence-electron chi connectivity index (χ3n) is 3.62. The Balaban J connectivity index is 0.00000128. The zero-order chi connectivity index (χ0) is 10.9. The van der Waals surface area contributed by atoms with Crippen LogP contribution in [-0.2, 0) is 4.79 Å². The van der Waals surface area contributed by atoms with E-state index >= 15 is 0 Å². The number of carbonyl (C=O) groups is 1. The lowest BCUT2D eigenvalue weighted by atomic mass is 9.77. The summed E-state index contributed by atoms with van der Waals surface area (Å²) in [5, 5.41) is 3.02. The molecule has 1 saturated carbocycles. The van der Waals surface area contributed by atoms with Crippen molar-refractivity contribution >= 4 is 30.1 Å². The molecule has 1 amide bonds. The first-order valence-electron chi connectivity index (χ1n) is 5.75. The summed E-state index contributed by atoms with van der Waals surface area (Å²) in [6, 6.07) is 0. The zero-order valence-electron chi connectivity index (χ0n) is 9.75. The first-order chi connectivity index (χ1) is 7.04. The Kier molecular flexibility index (Phi) is 4.55. The van der Waals surface area contributed by atoms with Crippen LogP contribution in [0.15, 0.2) is 0 Å². The Hall–Kier alpha value is 0.0700. The van der Waals surface area contributed by atoms with E-state index in [1.165, 1.54) is 18.6 Å². The Bertz CT molecular complexity index is 263. The van der Waals surface area contributed by atoms with Crippen LogP contribution in [0.1, 0.15) is 39.0 Å². The van der Waals surface area contributed by atoms with Crippen LogP contribution in [0.4, 0.5) is 0 Å². The molecule has 2 rings (SSSR count). The summed E-state index contributed by atoms with van der Waals surface area (Å²) in [7, 11) is 0. The predicted octanol–water partition coefficient (Wildman–Crippen LogP) is 1.69. The van der Waals surface area contributed by atoms with Crippen molar-refractivity contribution in [2.75, 3.05) is 12.3 Å². The summed E-state index contributed by atoms with van der Waals surface area (Å²) in [6.07, 6.45) is 5.27. The van der Waals surface area contributed by atoms with Crippen LogP contribution >= 0.6 is 24.2 Å². The van der Waals surface area contributed by atoms with Crippen molar-refractivity contribution in [2.45, 2.75) is 49.3 Å². The number of hydrogen-bond acceptors (Lipinski definition) is 3. The molecule has 16 heavy (non-hydrogen) atoms. The van der Waals surface area contributed by atoms with Crippen molar-refractivity contribution in [1.29, 1.82) is 0 Å². The summed E-state index contributed by atoms with van der Waals surface area (Å²) >= 11 is 1.97. The number of thioether (sulfide) groups is 1. The average Bonchev–Trinajstić information content (AvgIpc) is 2.58. The monoisotopic (exact) mass is 264 g/mol. The Morgan fingerprint density at radius 3 is 2.50 bits per heavy atom. The maximum Gasteiger partial charge on any atom is 0.240 e. The third kappa shape index (κ3) is 2.84. The van der Waals surface area contributed by atoms with Crippen LogP contribution in [0.3, 0.4) is 0 Å². The predicted molar refractivity (Wildman–Crippen MR) is 71.1 cm³/mol. The lowest BCUT2D eigenvalue weighted by Crippen LogP contribution is -2.59. The van der Waals surface area contributed by atoms with Crippen LogP contribution in [0.2, 0.25) is 0 Å². The molecule has 94 valence electrons. The Morgan fingerprint density at radius 2 is 2.06 bits per heavy atom. The van der Waals surface area contributed by atoms with Crippen LogP contribution in [-0.4, -0.2) is 28.5 Å². The van der Waals surface area contributed by atoms with Crippen LogP contribution in [0, 0.1) is 0 Å². The van der Waals surface area contributed by atoms with E-state index in [1.807, 2.05) is 11.8 Å². The van der Waals surface area contributed by atoms with Gasteiger partial charge in [-0.1, -0.05) is 0 Å². The molecule has 0 aromatic heterocycles. The van der Waals surface area contributed by atoms with Crippen molar-refractivity contribution < 1.29 is 4.79 Å². The van der Waals surface area contributed by atoms with Gasteiger partial charge in [-0.05, 0) is 44.8 Å². The fourth-order valence-corrected chi connectivity index (χ4v) is 3.45. The van der Waals surface area contributed by atoms with Crippen molar-refractivity contribution in [3.8, 4) is 0 Å². The highest BCUT2D eigenvalue weighted by Crippen LogP contribution is 2.37. The molecule has 2 fully saturated rings. The van der Waals surface area contributed by atoms with Crippen molar-refractivity contribution in [2.24, 2.45) is 5.73 Å². The molecule has 5 heteroatoms. The number of hydrogen-bond donors (Lipinski definition) is 2. The third-order valence-corrected chi connectivity index (χ3v) is 5.16. The molecule has 1 heterocycles. The number of amides is 1.